The zero-order chi connectivity index (χ0) is 11.9. The topological polar surface area (TPSA) is 37.4 Å². The summed E-state index contributed by atoms with van der Waals surface area (Å²) in [5.41, 5.74) is 3.05. The van der Waals surface area contributed by atoms with Crippen molar-refractivity contribution in [3.63, 3.8) is 0 Å². The van der Waals surface area contributed by atoms with Gasteiger partial charge in [-0.15, -0.1) is 0 Å². The standard InChI is InChI=1S/C13H15NO2/c1-8-4-5-10-7-14(3)13(16)12(9(2)15)11(10)6-8/h4-6,12H,7H2,1-3H3. The van der Waals surface area contributed by atoms with E-state index in [4.69, 9.17) is 0 Å². The average molecular weight is 217 g/mol. The molecule has 0 saturated heterocycles. The lowest BCUT2D eigenvalue weighted by Crippen LogP contribution is -2.39. The Kier molecular flexibility index (Phi) is 2.54. The van der Waals surface area contributed by atoms with Gasteiger partial charge in [0.15, 0.2) is 0 Å². The van der Waals surface area contributed by atoms with E-state index in [9.17, 15) is 9.59 Å². The summed E-state index contributed by atoms with van der Waals surface area (Å²) < 4.78 is 0. The van der Waals surface area contributed by atoms with E-state index in [2.05, 4.69) is 0 Å². The fourth-order valence-corrected chi connectivity index (χ4v) is 2.21. The lowest BCUT2D eigenvalue weighted by atomic mass is 9.86. The predicted molar refractivity (Wildman–Crippen MR) is 61.1 cm³/mol. The van der Waals surface area contributed by atoms with Crippen LogP contribution in [0.2, 0.25) is 0 Å². The molecular formula is C13H15NO2. The van der Waals surface area contributed by atoms with Crippen LogP contribution in [-0.4, -0.2) is 23.6 Å². The fourth-order valence-electron chi connectivity index (χ4n) is 2.21. The van der Waals surface area contributed by atoms with E-state index < -0.39 is 5.92 Å². The Balaban J connectivity index is 2.58. The Morgan fingerprint density at radius 1 is 1.44 bits per heavy atom. The van der Waals surface area contributed by atoms with Crippen LogP contribution in [0, 0.1) is 6.92 Å². The summed E-state index contributed by atoms with van der Waals surface area (Å²) in [6.07, 6.45) is 0. The molecule has 2 rings (SSSR count). The molecule has 1 unspecified atom stereocenters. The highest BCUT2D eigenvalue weighted by molar-refractivity contribution is 6.06. The van der Waals surface area contributed by atoms with Crippen molar-refractivity contribution >= 4 is 11.7 Å². The zero-order valence-electron chi connectivity index (χ0n) is 9.78. The minimum Gasteiger partial charge on any atom is -0.341 e. The van der Waals surface area contributed by atoms with Crippen LogP contribution >= 0.6 is 0 Å². The van der Waals surface area contributed by atoms with Crippen molar-refractivity contribution in [3.05, 3.63) is 34.9 Å². The van der Waals surface area contributed by atoms with E-state index in [0.717, 1.165) is 16.7 Å². The Morgan fingerprint density at radius 3 is 2.75 bits per heavy atom. The fraction of sp³-hybridized carbons (Fsp3) is 0.385. The van der Waals surface area contributed by atoms with Crippen LogP contribution in [-0.2, 0) is 16.1 Å². The van der Waals surface area contributed by atoms with Crippen LogP contribution < -0.4 is 0 Å². The van der Waals surface area contributed by atoms with E-state index in [-0.39, 0.29) is 11.7 Å². The molecule has 3 nitrogen and oxygen atoms in total. The Morgan fingerprint density at radius 2 is 2.12 bits per heavy atom. The van der Waals surface area contributed by atoms with Gasteiger partial charge < -0.3 is 4.90 Å². The van der Waals surface area contributed by atoms with E-state index in [1.54, 1.807) is 11.9 Å². The van der Waals surface area contributed by atoms with Gasteiger partial charge in [0.1, 0.15) is 11.7 Å². The minimum atomic E-state index is -0.603. The SMILES string of the molecule is CC(=O)C1C(=O)N(C)Cc2ccc(C)cc21. The molecule has 0 aliphatic carbocycles. The molecule has 84 valence electrons. The minimum absolute atomic E-state index is 0.0802. The Bertz CT molecular complexity index is 465. The molecule has 1 heterocycles. The van der Waals surface area contributed by atoms with Crippen molar-refractivity contribution in [1.82, 2.24) is 4.90 Å². The van der Waals surface area contributed by atoms with E-state index in [1.165, 1.54) is 6.92 Å². The van der Waals surface area contributed by atoms with Crippen molar-refractivity contribution in [1.29, 1.82) is 0 Å². The third kappa shape index (κ3) is 1.62. The molecule has 16 heavy (non-hydrogen) atoms. The number of carbonyl (C=O) groups is 2. The van der Waals surface area contributed by atoms with Crippen molar-refractivity contribution in [3.8, 4) is 0 Å². The first-order valence-electron chi connectivity index (χ1n) is 5.35. The van der Waals surface area contributed by atoms with E-state index in [0.29, 0.717) is 6.54 Å². The van der Waals surface area contributed by atoms with Crippen LogP contribution in [0.15, 0.2) is 18.2 Å². The number of carbonyl (C=O) groups excluding carboxylic acids is 2. The monoisotopic (exact) mass is 217 g/mol. The largest absolute Gasteiger partial charge is 0.341 e. The second-order valence-electron chi connectivity index (χ2n) is 4.44. The lowest BCUT2D eigenvalue weighted by Gasteiger charge is -2.30. The quantitative estimate of drug-likeness (QED) is 0.671. The van der Waals surface area contributed by atoms with Gasteiger partial charge in [0.2, 0.25) is 5.91 Å². The van der Waals surface area contributed by atoms with Gasteiger partial charge in [0.05, 0.1) is 0 Å². The number of ketones is 1. The summed E-state index contributed by atoms with van der Waals surface area (Å²) in [6, 6.07) is 5.97. The van der Waals surface area contributed by atoms with Gasteiger partial charge in [-0.1, -0.05) is 23.8 Å². The molecule has 1 amide bonds. The number of hydrogen-bond donors (Lipinski definition) is 0. The summed E-state index contributed by atoms with van der Waals surface area (Å²) >= 11 is 0. The number of likely N-dealkylation sites (N-methyl/N-ethyl adjacent to an activating group) is 1. The number of fused-ring (bicyclic) bond motifs is 1. The summed E-state index contributed by atoms with van der Waals surface area (Å²) in [7, 11) is 1.74. The third-order valence-electron chi connectivity index (χ3n) is 3.05. The summed E-state index contributed by atoms with van der Waals surface area (Å²) in [4.78, 5) is 25.1. The van der Waals surface area contributed by atoms with Gasteiger partial charge in [0, 0.05) is 13.6 Å². The molecule has 3 heteroatoms. The molecule has 1 aliphatic rings. The third-order valence-corrected chi connectivity index (χ3v) is 3.05. The summed E-state index contributed by atoms with van der Waals surface area (Å²) in [5.74, 6) is -0.775. The molecule has 0 bridgehead atoms. The van der Waals surface area contributed by atoms with Crippen molar-refractivity contribution in [2.75, 3.05) is 7.05 Å². The van der Waals surface area contributed by atoms with Gasteiger partial charge >= 0.3 is 0 Å². The average Bonchev–Trinajstić information content (AvgIpc) is 2.20. The molecule has 0 N–H and O–H groups in total. The van der Waals surface area contributed by atoms with E-state index >= 15 is 0 Å². The Labute approximate surface area is 95.1 Å². The number of benzene rings is 1. The van der Waals surface area contributed by atoms with Gasteiger partial charge in [-0.05, 0) is 25.0 Å². The summed E-state index contributed by atoms with van der Waals surface area (Å²) in [5, 5.41) is 0. The Hall–Kier alpha value is -1.64. The van der Waals surface area contributed by atoms with Crippen molar-refractivity contribution in [2.24, 2.45) is 0 Å². The van der Waals surface area contributed by atoms with Crippen molar-refractivity contribution < 1.29 is 9.59 Å². The molecular weight excluding hydrogens is 202 g/mol. The number of amides is 1. The normalized spacial score (nSPS) is 19.6. The molecule has 0 spiro atoms. The molecule has 0 saturated carbocycles. The van der Waals surface area contributed by atoms with Crippen LogP contribution in [0.3, 0.4) is 0 Å². The predicted octanol–water partition coefficient (Wildman–Crippen LogP) is 1.64. The highest BCUT2D eigenvalue weighted by Gasteiger charge is 2.34. The smallest absolute Gasteiger partial charge is 0.237 e. The maximum absolute atomic E-state index is 11.9. The van der Waals surface area contributed by atoms with Crippen LogP contribution in [0.5, 0.6) is 0 Å². The second-order valence-corrected chi connectivity index (χ2v) is 4.44. The van der Waals surface area contributed by atoms with Gasteiger partial charge in [-0.2, -0.15) is 0 Å². The second kappa shape index (κ2) is 3.74. The number of nitrogens with zero attached hydrogens (tertiary/aromatic N) is 1. The van der Waals surface area contributed by atoms with Crippen LogP contribution in [0.25, 0.3) is 0 Å². The number of hydrogen-bond acceptors (Lipinski definition) is 2. The van der Waals surface area contributed by atoms with Gasteiger partial charge in [-0.3, -0.25) is 9.59 Å². The highest BCUT2D eigenvalue weighted by Crippen LogP contribution is 2.30. The first-order chi connectivity index (χ1) is 7.50. The van der Waals surface area contributed by atoms with Crippen LogP contribution in [0.4, 0.5) is 0 Å². The van der Waals surface area contributed by atoms with Gasteiger partial charge in [0.25, 0.3) is 0 Å². The number of aryl methyl sites for hydroxylation is 1. The number of rotatable bonds is 1. The molecule has 1 aromatic rings. The molecule has 1 atom stereocenters. The van der Waals surface area contributed by atoms with Gasteiger partial charge in [-0.25, -0.2) is 0 Å². The van der Waals surface area contributed by atoms with E-state index in [1.807, 2.05) is 25.1 Å². The molecule has 0 aromatic heterocycles. The maximum Gasteiger partial charge on any atom is 0.237 e. The molecule has 1 aliphatic heterocycles. The molecule has 0 fully saturated rings. The zero-order valence-corrected chi connectivity index (χ0v) is 9.78. The lowest BCUT2D eigenvalue weighted by molar-refractivity contribution is -0.137. The number of Topliss-reactive ketones (excluding diaryl/α,β-unsaturated/α-hetero) is 1. The van der Waals surface area contributed by atoms with Crippen molar-refractivity contribution in [2.45, 2.75) is 26.3 Å². The van der Waals surface area contributed by atoms with Crippen LogP contribution in [0.1, 0.15) is 29.5 Å². The molecule has 0 radical (unpaired) electrons. The molecule has 1 aromatic carbocycles. The summed E-state index contributed by atoms with van der Waals surface area (Å²) in [6.45, 7) is 4.05. The maximum atomic E-state index is 11.9. The first-order valence-corrected chi connectivity index (χ1v) is 5.35. The first kappa shape index (κ1) is 10.9. The highest BCUT2D eigenvalue weighted by atomic mass is 16.2.